The van der Waals surface area contributed by atoms with Crippen molar-refractivity contribution in [3.63, 3.8) is 0 Å². The zero-order valence-electron chi connectivity index (χ0n) is 18.7. The first kappa shape index (κ1) is 24.5. The van der Waals surface area contributed by atoms with E-state index in [1.807, 2.05) is 9.80 Å². The molecule has 4 heterocycles. The number of carbonyl (C=O) groups excluding carboxylic acids is 1. The van der Waals surface area contributed by atoms with Gasteiger partial charge in [-0.15, -0.1) is 0 Å². The van der Waals surface area contributed by atoms with Gasteiger partial charge >= 0.3 is 0 Å². The summed E-state index contributed by atoms with van der Waals surface area (Å²) >= 11 is 0. The molecule has 0 radical (unpaired) electrons. The second-order valence-electron chi connectivity index (χ2n) is 9.78. The molecule has 0 saturated carbocycles. The number of hydrogen-bond donors (Lipinski definition) is 0. The van der Waals surface area contributed by atoms with Crippen LogP contribution in [-0.4, -0.2) is 119 Å². The van der Waals surface area contributed by atoms with Crippen molar-refractivity contribution in [3.8, 4) is 0 Å². The Labute approximate surface area is 191 Å². The summed E-state index contributed by atoms with van der Waals surface area (Å²) in [6.07, 6.45) is 4.99. The number of carbonyl (C=O) groups is 1. The van der Waals surface area contributed by atoms with Crippen molar-refractivity contribution in [1.29, 1.82) is 0 Å². The first-order valence-corrected chi connectivity index (χ1v) is 15.5. The van der Waals surface area contributed by atoms with Crippen LogP contribution in [0.1, 0.15) is 38.5 Å². The van der Waals surface area contributed by atoms with Crippen molar-refractivity contribution < 1.29 is 31.1 Å². The number of hydrogen-bond acceptors (Lipinski definition) is 9. The van der Waals surface area contributed by atoms with E-state index in [1.54, 1.807) is 0 Å². The highest BCUT2D eigenvalue weighted by Crippen LogP contribution is 2.23. The highest BCUT2D eigenvalue weighted by Gasteiger charge is 2.37. The molecular formula is C21H36N2O7S2. The molecule has 0 bridgehead atoms. The lowest BCUT2D eigenvalue weighted by molar-refractivity contribution is -0.123. The Morgan fingerprint density at radius 3 is 1.47 bits per heavy atom. The lowest BCUT2D eigenvalue weighted by Gasteiger charge is -2.32. The lowest BCUT2D eigenvalue weighted by atomic mass is 10.1. The number of nitrogens with zero attached hydrogens (tertiary/aromatic N) is 2. The molecule has 4 aliphatic rings. The summed E-state index contributed by atoms with van der Waals surface area (Å²) in [7, 11) is -6.12. The fourth-order valence-corrected chi connectivity index (χ4v) is 8.94. The molecule has 4 rings (SSSR count). The molecule has 4 atom stereocenters. The van der Waals surface area contributed by atoms with Crippen molar-refractivity contribution in [2.45, 2.75) is 62.8 Å². The van der Waals surface area contributed by atoms with Crippen molar-refractivity contribution in [2.75, 3.05) is 62.4 Å². The summed E-state index contributed by atoms with van der Waals surface area (Å²) in [6.45, 7) is 2.88. The van der Waals surface area contributed by atoms with Gasteiger partial charge in [-0.3, -0.25) is 14.6 Å². The van der Waals surface area contributed by atoms with Crippen LogP contribution in [-0.2, 0) is 33.9 Å². The third kappa shape index (κ3) is 6.73. The Hall–Kier alpha value is -0.590. The minimum Gasteiger partial charge on any atom is -0.377 e. The van der Waals surface area contributed by atoms with E-state index in [4.69, 9.17) is 9.47 Å². The van der Waals surface area contributed by atoms with Crippen LogP contribution in [0.3, 0.4) is 0 Å². The molecule has 0 amide bonds. The quantitative estimate of drug-likeness (QED) is 0.412. The maximum Gasteiger partial charge on any atom is 0.160 e. The lowest BCUT2D eigenvalue weighted by Crippen LogP contribution is -2.49. The van der Waals surface area contributed by atoms with Gasteiger partial charge in [0.05, 0.1) is 48.3 Å². The Bertz CT molecular complexity index is 795. The van der Waals surface area contributed by atoms with Gasteiger partial charge in [-0.25, -0.2) is 16.8 Å². The maximum absolute atomic E-state index is 13.2. The van der Waals surface area contributed by atoms with Crippen molar-refractivity contribution in [2.24, 2.45) is 0 Å². The van der Waals surface area contributed by atoms with Crippen LogP contribution in [0, 0.1) is 0 Å². The largest absolute Gasteiger partial charge is 0.377 e. The molecule has 4 saturated heterocycles. The standard InChI is InChI=1S/C21H36N2O7S2/c24-19(11-22(13-20-3-1-7-29-20)17-5-9-31(25,26)15-17)12-23(14-21-4-2-8-30-21)18-6-10-32(27,28)16-18/h17-18,20-21H,1-16H2/t17-,18+,20-,21-/m0/s1. The van der Waals surface area contributed by atoms with E-state index in [0.717, 1.165) is 25.7 Å². The number of sulfone groups is 2. The van der Waals surface area contributed by atoms with Gasteiger partial charge in [0.25, 0.3) is 0 Å². The maximum atomic E-state index is 13.2. The zero-order chi connectivity index (χ0) is 22.8. The van der Waals surface area contributed by atoms with E-state index >= 15 is 0 Å². The molecule has 32 heavy (non-hydrogen) atoms. The molecule has 11 heteroatoms. The number of Topliss-reactive ketones (excluding diaryl/α,β-unsaturated/α-hetero) is 1. The molecule has 184 valence electrons. The van der Waals surface area contributed by atoms with Gasteiger partial charge < -0.3 is 9.47 Å². The van der Waals surface area contributed by atoms with Crippen LogP contribution in [0.2, 0.25) is 0 Å². The molecule has 0 aromatic heterocycles. The average molecular weight is 493 g/mol. The van der Waals surface area contributed by atoms with Gasteiger partial charge in [0.15, 0.2) is 25.5 Å². The van der Waals surface area contributed by atoms with Crippen LogP contribution < -0.4 is 0 Å². The van der Waals surface area contributed by atoms with E-state index in [1.165, 1.54) is 0 Å². The molecule has 0 unspecified atom stereocenters. The summed E-state index contributed by atoms with van der Waals surface area (Å²) in [5.41, 5.74) is 0. The second kappa shape index (κ2) is 10.4. The Morgan fingerprint density at radius 1 is 0.719 bits per heavy atom. The first-order valence-electron chi connectivity index (χ1n) is 11.8. The predicted molar refractivity (Wildman–Crippen MR) is 120 cm³/mol. The van der Waals surface area contributed by atoms with Crippen LogP contribution in [0.25, 0.3) is 0 Å². The molecule has 0 aromatic rings. The fourth-order valence-electron chi connectivity index (χ4n) is 5.41. The Balaban J connectivity index is 1.41. The molecule has 4 aliphatic heterocycles. The van der Waals surface area contributed by atoms with Gasteiger partial charge in [-0.05, 0) is 38.5 Å². The number of ketones is 1. The highest BCUT2D eigenvalue weighted by atomic mass is 32.2. The summed E-state index contributed by atoms with van der Waals surface area (Å²) in [4.78, 5) is 17.2. The van der Waals surface area contributed by atoms with E-state index < -0.39 is 19.7 Å². The fraction of sp³-hybridized carbons (Fsp3) is 0.952. The summed E-state index contributed by atoms with van der Waals surface area (Å²) in [6, 6.07) is -0.321. The van der Waals surface area contributed by atoms with Gasteiger partial charge in [-0.1, -0.05) is 0 Å². The molecule has 0 aromatic carbocycles. The Kier molecular flexibility index (Phi) is 7.94. The predicted octanol–water partition coefficient (Wildman–Crippen LogP) is -0.108. The Morgan fingerprint density at radius 2 is 1.16 bits per heavy atom. The van der Waals surface area contributed by atoms with Crippen LogP contribution in [0.5, 0.6) is 0 Å². The van der Waals surface area contributed by atoms with Crippen molar-refractivity contribution >= 4 is 25.5 Å². The van der Waals surface area contributed by atoms with Crippen LogP contribution in [0.4, 0.5) is 0 Å². The monoisotopic (exact) mass is 492 g/mol. The number of ether oxygens (including phenoxy) is 2. The zero-order valence-corrected chi connectivity index (χ0v) is 20.3. The van der Waals surface area contributed by atoms with Crippen molar-refractivity contribution in [1.82, 2.24) is 9.80 Å². The van der Waals surface area contributed by atoms with Gasteiger partial charge in [0.1, 0.15) is 0 Å². The SMILES string of the molecule is O=C(CN(C[C@@H]1CCCO1)[C@@H]1CCS(=O)(=O)C1)CN(C[C@@H]1CCCO1)[C@H]1CCS(=O)(=O)C1. The average Bonchev–Trinajstić information content (AvgIpc) is 3.49. The first-order chi connectivity index (χ1) is 15.2. The smallest absolute Gasteiger partial charge is 0.160 e. The summed E-state index contributed by atoms with van der Waals surface area (Å²) in [5.74, 6) is 0.508. The molecule has 0 N–H and O–H groups in total. The molecule has 0 aliphatic carbocycles. The van der Waals surface area contributed by atoms with Crippen LogP contribution in [0.15, 0.2) is 0 Å². The normalized spacial score (nSPS) is 34.1. The summed E-state index contributed by atoms with van der Waals surface area (Å²) < 4.78 is 59.7. The van der Waals surface area contributed by atoms with Gasteiger partial charge in [-0.2, -0.15) is 0 Å². The van der Waals surface area contributed by atoms with Gasteiger partial charge in [0.2, 0.25) is 0 Å². The van der Waals surface area contributed by atoms with E-state index in [0.29, 0.717) is 39.1 Å². The highest BCUT2D eigenvalue weighted by molar-refractivity contribution is 7.91. The summed E-state index contributed by atoms with van der Waals surface area (Å²) in [5, 5.41) is 0. The number of rotatable bonds is 10. The topological polar surface area (TPSA) is 110 Å². The molecule has 4 fully saturated rings. The molecular weight excluding hydrogens is 456 g/mol. The second-order valence-corrected chi connectivity index (χ2v) is 14.2. The molecule has 9 nitrogen and oxygen atoms in total. The van der Waals surface area contributed by atoms with Crippen LogP contribution >= 0.6 is 0 Å². The minimum absolute atomic E-state index is 0.00501. The third-order valence-corrected chi connectivity index (χ3v) is 10.6. The van der Waals surface area contributed by atoms with E-state index in [9.17, 15) is 21.6 Å². The molecule has 0 spiro atoms. The van der Waals surface area contributed by atoms with Gasteiger partial charge in [0, 0.05) is 38.4 Å². The third-order valence-electron chi connectivity index (χ3n) is 7.13. The van der Waals surface area contributed by atoms with E-state index in [2.05, 4.69) is 0 Å². The van der Waals surface area contributed by atoms with E-state index in [-0.39, 0.29) is 66.2 Å². The van der Waals surface area contributed by atoms with Crippen molar-refractivity contribution in [3.05, 3.63) is 0 Å². The minimum atomic E-state index is -3.06.